The molecule has 1 aromatic carbocycles. The molecule has 1 aromatic rings. The molecule has 1 saturated heterocycles. The summed E-state index contributed by atoms with van der Waals surface area (Å²) in [4.78, 5) is 30.5. The van der Waals surface area contributed by atoms with Gasteiger partial charge in [0, 0.05) is 32.3 Å². The summed E-state index contributed by atoms with van der Waals surface area (Å²) >= 11 is 0. The van der Waals surface area contributed by atoms with Gasteiger partial charge in [0.1, 0.15) is 0 Å². The SMILES string of the molecule is CON1CCN(C(=O)CNC(=O)/C=C/c2ccc(C(F)(F)F)cc2)CC1. The first kappa shape index (κ1) is 19.9. The molecule has 1 N–H and O–H groups in total. The maximum atomic E-state index is 12.5. The summed E-state index contributed by atoms with van der Waals surface area (Å²) in [6.45, 7) is 2.10. The number of hydrogen-bond donors (Lipinski definition) is 1. The number of nitrogens with zero attached hydrogens (tertiary/aromatic N) is 2. The Morgan fingerprint density at radius 1 is 1.15 bits per heavy atom. The van der Waals surface area contributed by atoms with Gasteiger partial charge in [0.25, 0.3) is 0 Å². The van der Waals surface area contributed by atoms with E-state index in [4.69, 9.17) is 4.84 Å². The lowest BCUT2D eigenvalue weighted by Crippen LogP contribution is -2.50. The minimum atomic E-state index is -4.39. The van der Waals surface area contributed by atoms with Crippen LogP contribution >= 0.6 is 0 Å². The molecule has 142 valence electrons. The Kier molecular flexibility index (Phi) is 6.76. The van der Waals surface area contributed by atoms with Gasteiger partial charge >= 0.3 is 6.18 Å². The number of hydroxylamine groups is 2. The first-order chi connectivity index (χ1) is 12.3. The number of rotatable bonds is 5. The molecule has 1 aliphatic rings. The van der Waals surface area contributed by atoms with Crippen LogP contribution in [-0.4, -0.2) is 61.6 Å². The van der Waals surface area contributed by atoms with Crippen molar-refractivity contribution in [3.05, 3.63) is 41.5 Å². The van der Waals surface area contributed by atoms with Crippen molar-refractivity contribution < 1.29 is 27.6 Å². The summed E-state index contributed by atoms with van der Waals surface area (Å²) in [7, 11) is 1.57. The van der Waals surface area contributed by atoms with Gasteiger partial charge < -0.3 is 15.1 Å². The highest BCUT2D eigenvalue weighted by Gasteiger charge is 2.29. The molecule has 2 amide bonds. The molecular weight excluding hydrogens is 351 g/mol. The monoisotopic (exact) mass is 371 g/mol. The van der Waals surface area contributed by atoms with Crippen LogP contribution in [0.3, 0.4) is 0 Å². The van der Waals surface area contributed by atoms with Crippen LogP contribution in [-0.2, 0) is 20.6 Å². The van der Waals surface area contributed by atoms with Crippen LogP contribution in [0.2, 0.25) is 0 Å². The van der Waals surface area contributed by atoms with E-state index in [9.17, 15) is 22.8 Å². The maximum absolute atomic E-state index is 12.5. The van der Waals surface area contributed by atoms with Crippen LogP contribution in [0.25, 0.3) is 6.08 Å². The molecule has 9 heteroatoms. The summed E-state index contributed by atoms with van der Waals surface area (Å²) in [6.07, 6.45) is -1.83. The van der Waals surface area contributed by atoms with Crippen molar-refractivity contribution in [1.29, 1.82) is 0 Å². The summed E-state index contributed by atoms with van der Waals surface area (Å²) in [5, 5.41) is 4.21. The fourth-order valence-corrected chi connectivity index (χ4v) is 2.41. The van der Waals surface area contributed by atoms with Crippen molar-refractivity contribution in [3.8, 4) is 0 Å². The van der Waals surface area contributed by atoms with Crippen LogP contribution in [0.5, 0.6) is 0 Å². The van der Waals surface area contributed by atoms with E-state index >= 15 is 0 Å². The van der Waals surface area contributed by atoms with Crippen LogP contribution in [0, 0.1) is 0 Å². The second kappa shape index (κ2) is 8.81. The lowest BCUT2D eigenvalue weighted by Gasteiger charge is -2.33. The highest BCUT2D eigenvalue weighted by atomic mass is 19.4. The molecule has 6 nitrogen and oxygen atoms in total. The van der Waals surface area contributed by atoms with E-state index in [0.717, 1.165) is 12.1 Å². The van der Waals surface area contributed by atoms with Crippen molar-refractivity contribution in [2.75, 3.05) is 39.8 Å². The molecule has 0 saturated carbocycles. The minimum Gasteiger partial charge on any atom is -0.343 e. The van der Waals surface area contributed by atoms with E-state index < -0.39 is 17.6 Å². The second-order valence-corrected chi connectivity index (χ2v) is 5.66. The summed E-state index contributed by atoms with van der Waals surface area (Å²) < 4.78 is 37.4. The molecule has 0 aromatic heterocycles. The van der Waals surface area contributed by atoms with Crippen LogP contribution in [0.15, 0.2) is 30.3 Å². The highest BCUT2D eigenvalue weighted by Crippen LogP contribution is 2.29. The average molecular weight is 371 g/mol. The van der Waals surface area contributed by atoms with Crippen molar-refractivity contribution in [2.24, 2.45) is 0 Å². The third kappa shape index (κ3) is 5.85. The maximum Gasteiger partial charge on any atom is 0.416 e. The summed E-state index contributed by atoms with van der Waals surface area (Å²) in [6, 6.07) is 4.43. The van der Waals surface area contributed by atoms with Gasteiger partial charge in [-0.25, -0.2) is 0 Å². The molecule has 0 unspecified atom stereocenters. The van der Waals surface area contributed by atoms with Gasteiger partial charge in [-0.1, -0.05) is 12.1 Å². The number of piperazine rings is 1. The second-order valence-electron chi connectivity index (χ2n) is 5.66. The minimum absolute atomic E-state index is 0.136. The smallest absolute Gasteiger partial charge is 0.343 e. The van der Waals surface area contributed by atoms with Gasteiger partial charge in [-0.2, -0.15) is 18.2 Å². The summed E-state index contributed by atoms with van der Waals surface area (Å²) in [5.41, 5.74) is -0.298. The van der Waals surface area contributed by atoms with E-state index in [1.165, 1.54) is 24.3 Å². The number of alkyl halides is 3. The molecule has 26 heavy (non-hydrogen) atoms. The highest BCUT2D eigenvalue weighted by molar-refractivity contribution is 5.94. The van der Waals surface area contributed by atoms with E-state index in [2.05, 4.69) is 5.32 Å². The van der Waals surface area contributed by atoms with Gasteiger partial charge in [-0.05, 0) is 23.8 Å². The van der Waals surface area contributed by atoms with Gasteiger partial charge in [-0.15, -0.1) is 0 Å². The normalized spacial score (nSPS) is 16.1. The van der Waals surface area contributed by atoms with Crippen molar-refractivity contribution >= 4 is 17.9 Å². The Hall–Kier alpha value is -2.39. The molecule has 0 atom stereocenters. The molecule has 2 rings (SSSR count). The summed E-state index contributed by atoms with van der Waals surface area (Å²) in [5.74, 6) is -0.689. The molecule has 0 spiro atoms. The molecule has 1 aliphatic heterocycles. The Morgan fingerprint density at radius 2 is 1.77 bits per heavy atom. The van der Waals surface area contributed by atoms with E-state index in [-0.39, 0.29) is 12.5 Å². The quantitative estimate of drug-likeness (QED) is 0.798. The van der Waals surface area contributed by atoms with Crippen molar-refractivity contribution in [1.82, 2.24) is 15.3 Å². The van der Waals surface area contributed by atoms with Gasteiger partial charge in [0.2, 0.25) is 11.8 Å². The van der Waals surface area contributed by atoms with Crippen LogP contribution in [0.1, 0.15) is 11.1 Å². The fourth-order valence-electron chi connectivity index (χ4n) is 2.41. The molecule has 1 heterocycles. The van der Waals surface area contributed by atoms with Gasteiger partial charge in [0.05, 0.1) is 19.2 Å². The number of hydrogen-bond acceptors (Lipinski definition) is 4. The Morgan fingerprint density at radius 3 is 2.31 bits per heavy atom. The van der Waals surface area contributed by atoms with E-state index in [1.54, 1.807) is 17.1 Å². The zero-order valence-electron chi connectivity index (χ0n) is 14.3. The lowest BCUT2D eigenvalue weighted by molar-refractivity contribution is -0.161. The Bertz CT molecular complexity index is 651. The molecule has 1 fully saturated rings. The largest absolute Gasteiger partial charge is 0.416 e. The first-order valence-corrected chi connectivity index (χ1v) is 7.99. The third-order valence-corrected chi connectivity index (χ3v) is 3.93. The topological polar surface area (TPSA) is 61.9 Å². The lowest BCUT2D eigenvalue weighted by atomic mass is 10.1. The standard InChI is InChI=1S/C17H20F3N3O3/c1-26-23-10-8-22(9-11-23)16(25)12-21-15(24)7-4-13-2-5-14(6-3-13)17(18,19)20/h2-7H,8-12H2,1H3,(H,21,24)/b7-4+. The predicted molar refractivity (Wildman–Crippen MR) is 88.6 cm³/mol. The number of carbonyl (C=O) groups excluding carboxylic acids is 2. The Balaban J connectivity index is 1.78. The van der Waals surface area contributed by atoms with Gasteiger partial charge in [-0.3, -0.25) is 9.59 Å². The first-order valence-electron chi connectivity index (χ1n) is 7.99. The van der Waals surface area contributed by atoms with E-state index in [0.29, 0.717) is 31.7 Å². The molecule has 0 aliphatic carbocycles. The number of amides is 2. The zero-order chi connectivity index (χ0) is 19.2. The van der Waals surface area contributed by atoms with E-state index in [1.807, 2.05) is 0 Å². The average Bonchev–Trinajstić information content (AvgIpc) is 2.64. The van der Waals surface area contributed by atoms with Crippen LogP contribution in [0.4, 0.5) is 13.2 Å². The van der Waals surface area contributed by atoms with Crippen LogP contribution < -0.4 is 5.32 Å². The van der Waals surface area contributed by atoms with Gasteiger partial charge in [0.15, 0.2) is 0 Å². The number of benzene rings is 1. The molecule has 0 bridgehead atoms. The number of carbonyl (C=O) groups is 2. The fraction of sp³-hybridized carbons (Fsp3) is 0.412. The number of nitrogens with one attached hydrogen (secondary N) is 1. The third-order valence-electron chi connectivity index (χ3n) is 3.93. The Labute approximate surface area is 149 Å². The zero-order valence-corrected chi connectivity index (χ0v) is 14.3. The van der Waals surface area contributed by atoms with Crippen molar-refractivity contribution in [3.63, 3.8) is 0 Å². The molecular formula is C17H20F3N3O3. The predicted octanol–water partition coefficient (Wildman–Crippen LogP) is 1.54. The molecule has 0 radical (unpaired) electrons. The van der Waals surface area contributed by atoms with Crippen molar-refractivity contribution in [2.45, 2.75) is 6.18 Å². The number of halogens is 3.